The smallest absolute Gasteiger partial charge is 0.129 e. The van der Waals surface area contributed by atoms with E-state index in [2.05, 4.69) is 22.2 Å². The summed E-state index contributed by atoms with van der Waals surface area (Å²) in [7, 11) is 1.71. The average Bonchev–Trinajstić information content (AvgIpc) is 2.28. The summed E-state index contributed by atoms with van der Waals surface area (Å²) in [5.41, 5.74) is 0. The maximum atomic E-state index is 5.16. The van der Waals surface area contributed by atoms with Crippen LogP contribution in [0.4, 0.5) is 0 Å². The summed E-state index contributed by atoms with van der Waals surface area (Å²) in [5, 5.41) is 3.41. The topological polar surface area (TPSA) is 47.0 Å². The first kappa shape index (κ1) is 12.1. The maximum Gasteiger partial charge on any atom is 0.129 e. The van der Waals surface area contributed by atoms with Gasteiger partial charge in [0, 0.05) is 32.0 Å². The van der Waals surface area contributed by atoms with Crippen LogP contribution in [0.25, 0.3) is 0 Å². The van der Waals surface area contributed by atoms with Crippen LogP contribution in [0.15, 0.2) is 18.5 Å². The highest BCUT2D eigenvalue weighted by Crippen LogP contribution is 1.96. The van der Waals surface area contributed by atoms with E-state index in [4.69, 9.17) is 4.74 Å². The van der Waals surface area contributed by atoms with Gasteiger partial charge in [-0.3, -0.25) is 0 Å². The largest absolute Gasteiger partial charge is 0.383 e. The zero-order chi connectivity index (χ0) is 10.9. The number of nitrogens with one attached hydrogen (secondary N) is 1. The van der Waals surface area contributed by atoms with Crippen molar-refractivity contribution in [2.75, 3.05) is 20.3 Å². The van der Waals surface area contributed by atoms with Gasteiger partial charge < -0.3 is 10.1 Å². The predicted molar refractivity (Wildman–Crippen MR) is 59.7 cm³/mol. The first-order valence-electron chi connectivity index (χ1n) is 5.35. The summed E-state index contributed by atoms with van der Waals surface area (Å²) >= 11 is 0. The molecule has 1 heterocycles. The third kappa shape index (κ3) is 4.85. The molecule has 0 bridgehead atoms. The Labute approximate surface area is 91.1 Å². The Morgan fingerprint density at radius 1 is 1.40 bits per heavy atom. The Morgan fingerprint density at radius 2 is 2.13 bits per heavy atom. The van der Waals surface area contributed by atoms with Crippen molar-refractivity contribution in [2.45, 2.75) is 25.8 Å². The zero-order valence-corrected chi connectivity index (χ0v) is 9.44. The molecule has 84 valence electrons. The fourth-order valence-electron chi connectivity index (χ4n) is 1.40. The Hall–Kier alpha value is -1.00. The SMILES string of the molecule is CCCNC(COC)Cc1ncccn1. The van der Waals surface area contributed by atoms with Gasteiger partial charge in [0.1, 0.15) is 5.82 Å². The Morgan fingerprint density at radius 3 is 2.73 bits per heavy atom. The molecule has 1 unspecified atom stereocenters. The lowest BCUT2D eigenvalue weighted by atomic mass is 10.2. The van der Waals surface area contributed by atoms with Crippen molar-refractivity contribution < 1.29 is 4.74 Å². The molecule has 1 aromatic heterocycles. The normalized spacial score (nSPS) is 12.7. The molecule has 1 rings (SSSR count). The van der Waals surface area contributed by atoms with E-state index in [1.807, 2.05) is 6.07 Å². The second-order valence-corrected chi connectivity index (χ2v) is 3.48. The van der Waals surface area contributed by atoms with Crippen LogP contribution in [-0.2, 0) is 11.2 Å². The maximum absolute atomic E-state index is 5.16. The highest BCUT2D eigenvalue weighted by atomic mass is 16.5. The molecule has 0 fully saturated rings. The van der Waals surface area contributed by atoms with Gasteiger partial charge in [-0.25, -0.2) is 9.97 Å². The molecule has 1 atom stereocenters. The van der Waals surface area contributed by atoms with Crippen molar-refractivity contribution in [3.8, 4) is 0 Å². The van der Waals surface area contributed by atoms with E-state index in [0.29, 0.717) is 12.6 Å². The van der Waals surface area contributed by atoms with Gasteiger partial charge in [-0.1, -0.05) is 6.92 Å². The van der Waals surface area contributed by atoms with Crippen molar-refractivity contribution in [1.82, 2.24) is 15.3 Å². The van der Waals surface area contributed by atoms with E-state index < -0.39 is 0 Å². The van der Waals surface area contributed by atoms with E-state index in [1.165, 1.54) is 0 Å². The second-order valence-electron chi connectivity index (χ2n) is 3.48. The molecule has 1 aromatic rings. The average molecular weight is 209 g/mol. The first-order chi connectivity index (χ1) is 7.36. The molecule has 1 N–H and O–H groups in total. The van der Waals surface area contributed by atoms with Crippen molar-refractivity contribution in [2.24, 2.45) is 0 Å². The molecule has 0 radical (unpaired) electrons. The van der Waals surface area contributed by atoms with E-state index >= 15 is 0 Å². The number of rotatable bonds is 7. The molecule has 15 heavy (non-hydrogen) atoms. The van der Waals surface area contributed by atoms with E-state index in [9.17, 15) is 0 Å². The minimum absolute atomic E-state index is 0.303. The lowest BCUT2D eigenvalue weighted by Gasteiger charge is -2.16. The van der Waals surface area contributed by atoms with Crippen LogP contribution in [-0.4, -0.2) is 36.3 Å². The summed E-state index contributed by atoms with van der Waals surface area (Å²) in [6.45, 7) is 3.84. The number of aromatic nitrogens is 2. The molecule has 0 spiro atoms. The van der Waals surface area contributed by atoms with Crippen LogP contribution >= 0.6 is 0 Å². The van der Waals surface area contributed by atoms with Crippen LogP contribution < -0.4 is 5.32 Å². The lowest BCUT2D eigenvalue weighted by molar-refractivity contribution is 0.165. The molecule has 0 amide bonds. The van der Waals surface area contributed by atoms with E-state index in [-0.39, 0.29) is 0 Å². The quantitative estimate of drug-likeness (QED) is 0.728. The number of hydrogen-bond acceptors (Lipinski definition) is 4. The summed E-state index contributed by atoms with van der Waals surface area (Å²) in [6.07, 6.45) is 5.47. The third-order valence-corrected chi connectivity index (χ3v) is 2.10. The van der Waals surface area contributed by atoms with Gasteiger partial charge in [0.25, 0.3) is 0 Å². The molecule has 0 aromatic carbocycles. The van der Waals surface area contributed by atoms with Gasteiger partial charge >= 0.3 is 0 Å². The van der Waals surface area contributed by atoms with Crippen LogP contribution in [0.3, 0.4) is 0 Å². The molecule has 4 nitrogen and oxygen atoms in total. The number of nitrogens with zero attached hydrogens (tertiary/aromatic N) is 2. The first-order valence-corrected chi connectivity index (χ1v) is 5.35. The number of methoxy groups -OCH3 is 1. The molecule has 4 heteroatoms. The molecule has 0 aliphatic rings. The van der Waals surface area contributed by atoms with Gasteiger partial charge in [-0.15, -0.1) is 0 Å². The fraction of sp³-hybridized carbons (Fsp3) is 0.636. The van der Waals surface area contributed by atoms with Crippen molar-refractivity contribution in [3.63, 3.8) is 0 Å². The van der Waals surface area contributed by atoms with Gasteiger partial charge in [-0.2, -0.15) is 0 Å². The molecule has 0 aliphatic heterocycles. The van der Waals surface area contributed by atoms with E-state index in [0.717, 1.165) is 25.2 Å². The molecule has 0 saturated heterocycles. The van der Waals surface area contributed by atoms with E-state index in [1.54, 1.807) is 19.5 Å². The zero-order valence-electron chi connectivity index (χ0n) is 9.44. The second kappa shape index (κ2) is 7.31. The standard InChI is InChI=1S/C11H19N3O/c1-3-5-12-10(9-15-2)8-11-13-6-4-7-14-11/h4,6-7,10,12H,3,5,8-9H2,1-2H3. The Balaban J connectivity index is 2.43. The van der Waals surface area contributed by atoms with Crippen molar-refractivity contribution in [1.29, 1.82) is 0 Å². The Bertz CT molecular complexity index is 253. The summed E-state index contributed by atoms with van der Waals surface area (Å²) in [5.74, 6) is 0.864. The monoisotopic (exact) mass is 209 g/mol. The number of ether oxygens (including phenoxy) is 1. The summed E-state index contributed by atoms with van der Waals surface area (Å²) < 4.78 is 5.16. The summed E-state index contributed by atoms with van der Waals surface area (Å²) in [6, 6.07) is 2.13. The van der Waals surface area contributed by atoms with Gasteiger partial charge in [0.05, 0.1) is 6.61 Å². The minimum Gasteiger partial charge on any atom is -0.383 e. The molecular formula is C11H19N3O. The minimum atomic E-state index is 0.303. The molecule has 0 saturated carbocycles. The van der Waals surface area contributed by atoms with Gasteiger partial charge in [0.2, 0.25) is 0 Å². The van der Waals surface area contributed by atoms with Gasteiger partial charge in [0.15, 0.2) is 0 Å². The Kier molecular flexibility index (Phi) is 5.88. The van der Waals surface area contributed by atoms with Gasteiger partial charge in [-0.05, 0) is 19.0 Å². The predicted octanol–water partition coefficient (Wildman–Crippen LogP) is 1.03. The lowest BCUT2D eigenvalue weighted by Crippen LogP contribution is -2.36. The number of hydrogen-bond donors (Lipinski definition) is 1. The molecular weight excluding hydrogens is 190 g/mol. The highest BCUT2D eigenvalue weighted by Gasteiger charge is 2.09. The van der Waals surface area contributed by atoms with Crippen LogP contribution in [0.1, 0.15) is 19.2 Å². The van der Waals surface area contributed by atoms with Crippen molar-refractivity contribution >= 4 is 0 Å². The fourth-order valence-corrected chi connectivity index (χ4v) is 1.40. The molecule has 0 aliphatic carbocycles. The van der Waals surface area contributed by atoms with Crippen LogP contribution in [0, 0.1) is 0 Å². The summed E-state index contributed by atoms with van der Waals surface area (Å²) in [4.78, 5) is 8.40. The highest BCUT2D eigenvalue weighted by molar-refractivity contribution is 4.91. The third-order valence-electron chi connectivity index (χ3n) is 2.10. The van der Waals surface area contributed by atoms with Crippen LogP contribution in [0.5, 0.6) is 0 Å². The van der Waals surface area contributed by atoms with Crippen molar-refractivity contribution in [3.05, 3.63) is 24.3 Å². The van der Waals surface area contributed by atoms with Crippen LogP contribution in [0.2, 0.25) is 0 Å².